The SMILES string of the molecule is CNCc1cnc(Sc2ccccc2[N+](=O)[O-])c(C)c1. The van der Waals surface area contributed by atoms with Gasteiger partial charge in [0.1, 0.15) is 5.03 Å². The normalized spacial score (nSPS) is 10.5. The van der Waals surface area contributed by atoms with Crippen molar-refractivity contribution in [1.82, 2.24) is 10.3 Å². The molecule has 1 heterocycles. The molecule has 0 fully saturated rings. The van der Waals surface area contributed by atoms with Crippen molar-refractivity contribution < 1.29 is 4.92 Å². The molecule has 0 aliphatic heterocycles. The summed E-state index contributed by atoms with van der Waals surface area (Å²) in [7, 11) is 1.88. The third kappa shape index (κ3) is 3.34. The van der Waals surface area contributed by atoms with E-state index < -0.39 is 0 Å². The van der Waals surface area contributed by atoms with Gasteiger partial charge in [-0.2, -0.15) is 0 Å². The summed E-state index contributed by atoms with van der Waals surface area (Å²) in [5, 5.41) is 14.9. The first-order chi connectivity index (χ1) is 9.61. The molecule has 0 radical (unpaired) electrons. The summed E-state index contributed by atoms with van der Waals surface area (Å²) < 4.78 is 0. The van der Waals surface area contributed by atoms with Crippen LogP contribution in [0.15, 0.2) is 46.5 Å². The Morgan fingerprint density at radius 3 is 2.80 bits per heavy atom. The minimum Gasteiger partial charge on any atom is -0.316 e. The van der Waals surface area contributed by atoms with Gasteiger partial charge in [-0.25, -0.2) is 4.98 Å². The third-order valence-corrected chi connectivity index (χ3v) is 3.92. The van der Waals surface area contributed by atoms with Gasteiger partial charge in [-0.3, -0.25) is 10.1 Å². The number of hydrogen-bond donors (Lipinski definition) is 1. The number of para-hydroxylation sites is 1. The van der Waals surface area contributed by atoms with Gasteiger partial charge in [0.05, 0.1) is 9.82 Å². The Labute approximate surface area is 121 Å². The molecule has 0 spiro atoms. The molecule has 0 aliphatic rings. The largest absolute Gasteiger partial charge is 0.316 e. The molecule has 1 N–H and O–H groups in total. The number of nitrogens with one attached hydrogen (secondary N) is 1. The first-order valence-corrected chi connectivity index (χ1v) is 6.95. The van der Waals surface area contributed by atoms with E-state index >= 15 is 0 Å². The molecule has 2 aromatic rings. The van der Waals surface area contributed by atoms with Crippen molar-refractivity contribution in [1.29, 1.82) is 0 Å². The van der Waals surface area contributed by atoms with Gasteiger partial charge in [-0.1, -0.05) is 30.0 Å². The van der Waals surface area contributed by atoms with E-state index in [4.69, 9.17) is 0 Å². The van der Waals surface area contributed by atoms with Crippen molar-refractivity contribution in [3.63, 3.8) is 0 Å². The smallest absolute Gasteiger partial charge is 0.283 e. The maximum absolute atomic E-state index is 11.0. The summed E-state index contributed by atoms with van der Waals surface area (Å²) >= 11 is 1.32. The molecule has 0 bridgehead atoms. The molecule has 1 aromatic carbocycles. The zero-order valence-electron chi connectivity index (χ0n) is 11.3. The van der Waals surface area contributed by atoms with Gasteiger partial charge in [0.2, 0.25) is 0 Å². The first kappa shape index (κ1) is 14.5. The van der Waals surface area contributed by atoms with Gasteiger partial charge in [0.25, 0.3) is 5.69 Å². The summed E-state index contributed by atoms with van der Waals surface area (Å²) in [6.07, 6.45) is 1.79. The van der Waals surface area contributed by atoms with Crippen LogP contribution in [0.2, 0.25) is 0 Å². The van der Waals surface area contributed by atoms with Crippen molar-refractivity contribution in [2.75, 3.05) is 7.05 Å². The minimum atomic E-state index is -0.368. The molecular formula is C14H15N3O2S. The van der Waals surface area contributed by atoms with Crippen LogP contribution in [0.25, 0.3) is 0 Å². The fourth-order valence-corrected chi connectivity index (χ4v) is 2.75. The summed E-state index contributed by atoms with van der Waals surface area (Å²) in [6.45, 7) is 2.72. The number of nitro benzene ring substituents is 1. The van der Waals surface area contributed by atoms with Crippen molar-refractivity contribution in [3.8, 4) is 0 Å². The second kappa shape index (κ2) is 6.49. The fourth-order valence-electron chi connectivity index (χ4n) is 1.83. The monoisotopic (exact) mass is 289 g/mol. The van der Waals surface area contributed by atoms with Crippen LogP contribution in [0.5, 0.6) is 0 Å². The van der Waals surface area contributed by atoms with Crippen molar-refractivity contribution in [2.24, 2.45) is 0 Å². The van der Waals surface area contributed by atoms with Crippen LogP contribution >= 0.6 is 11.8 Å². The molecule has 2 rings (SSSR count). The van der Waals surface area contributed by atoms with Crippen molar-refractivity contribution in [2.45, 2.75) is 23.4 Å². The quantitative estimate of drug-likeness (QED) is 0.676. The number of benzene rings is 1. The lowest BCUT2D eigenvalue weighted by molar-refractivity contribution is -0.387. The maximum atomic E-state index is 11.0. The molecule has 5 nitrogen and oxygen atoms in total. The van der Waals surface area contributed by atoms with E-state index in [9.17, 15) is 10.1 Å². The van der Waals surface area contributed by atoms with Crippen LogP contribution in [-0.2, 0) is 6.54 Å². The van der Waals surface area contributed by atoms with Crippen LogP contribution in [-0.4, -0.2) is 17.0 Å². The van der Waals surface area contributed by atoms with Crippen molar-refractivity contribution in [3.05, 3.63) is 57.8 Å². The van der Waals surface area contributed by atoms with E-state index in [-0.39, 0.29) is 10.6 Å². The summed E-state index contributed by atoms with van der Waals surface area (Å²) in [6, 6.07) is 8.75. The number of rotatable bonds is 5. The molecule has 0 atom stereocenters. The maximum Gasteiger partial charge on any atom is 0.283 e. The van der Waals surface area contributed by atoms with E-state index in [2.05, 4.69) is 10.3 Å². The summed E-state index contributed by atoms with van der Waals surface area (Å²) in [5.74, 6) is 0. The number of nitro groups is 1. The summed E-state index contributed by atoms with van der Waals surface area (Å²) in [5.41, 5.74) is 2.22. The highest BCUT2D eigenvalue weighted by molar-refractivity contribution is 7.99. The molecule has 0 saturated carbocycles. The predicted molar refractivity (Wildman–Crippen MR) is 79.0 cm³/mol. The van der Waals surface area contributed by atoms with Crippen LogP contribution in [0.1, 0.15) is 11.1 Å². The predicted octanol–water partition coefficient (Wildman–Crippen LogP) is 3.17. The number of hydrogen-bond acceptors (Lipinski definition) is 5. The van der Waals surface area contributed by atoms with Crippen molar-refractivity contribution >= 4 is 17.4 Å². The van der Waals surface area contributed by atoms with E-state index in [0.717, 1.165) is 22.7 Å². The Morgan fingerprint density at radius 2 is 2.15 bits per heavy atom. The fraction of sp³-hybridized carbons (Fsp3) is 0.214. The van der Waals surface area contributed by atoms with Crippen LogP contribution in [0, 0.1) is 17.0 Å². The molecule has 0 amide bonds. The molecular weight excluding hydrogens is 274 g/mol. The molecule has 0 unspecified atom stereocenters. The van der Waals surface area contributed by atoms with E-state index in [1.807, 2.05) is 20.0 Å². The average molecular weight is 289 g/mol. The zero-order chi connectivity index (χ0) is 14.5. The van der Waals surface area contributed by atoms with Gasteiger partial charge in [-0.05, 0) is 31.2 Å². The van der Waals surface area contributed by atoms with Gasteiger partial charge in [0, 0.05) is 18.8 Å². The molecule has 0 aliphatic carbocycles. The molecule has 6 heteroatoms. The Balaban J connectivity index is 2.29. The van der Waals surface area contributed by atoms with Gasteiger partial charge < -0.3 is 5.32 Å². The molecule has 0 saturated heterocycles. The number of nitrogens with zero attached hydrogens (tertiary/aromatic N) is 2. The number of aryl methyl sites for hydroxylation is 1. The Hall–Kier alpha value is -1.92. The highest BCUT2D eigenvalue weighted by atomic mass is 32.2. The van der Waals surface area contributed by atoms with Gasteiger partial charge >= 0.3 is 0 Å². The number of pyridine rings is 1. The van der Waals surface area contributed by atoms with E-state index in [1.54, 1.807) is 24.4 Å². The Morgan fingerprint density at radius 1 is 1.40 bits per heavy atom. The molecule has 20 heavy (non-hydrogen) atoms. The lowest BCUT2D eigenvalue weighted by atomic mass is 10.2. The minimum absolute atomic E-state index is 0.109. The topological polar surface area (TPSA) is 68.1 Å². The van der Waals surface area contributed by atoms with Gasteiger partial charge in [-0.15, -0.1) is 0 Å². The lowest BCUT2D eigenvalue weighted by Gasteiger charge is -2.07. The highest BCUT2D eigenvalue weighted by Gasteiger charge is 2.15. The van der Waals surface area contributed by atoms with E-state index in [0.29, 0.717) is 4.90 Å². The Kier molecular flexibility index (Phi) is 4.70. The second-order valence-corrected chi connectivity index (χ2v) is 5.35. The lowest BCUT2D eigenvalue weighted by Crippen LogP contribution is -2.05. The van der Waals surface area contributed by atoms with Crippen LogP contribution < -0.4 is 5.32 Å². The van der Waals surface area contributed by atoms with Crippen LogP contribution in [0.4, 0.5) is 5.69 Å². The third-order valence-electron chi connectivity index (χ3n) is 2.74. The first-order valence-electron chi connectivity index (χ1n) is 6.13. The standard InChI is InChI=1S/C14H15N3O2S/c1-10-7-11(8-15-2)9-16-14(10)20-13-6-4-3-5-12(13)17(18)19/h3-7,9,15H,8H2,1-2H3. The van der Waals surface area contributed by atoms with E-state index in [1.165, 1.54) is 17.8 Å². The summed E-state index contributed by atoms with van der Waals surface area (Å²) in [4.78, 5) is 15.6. The molecule has 1 aromatic heterocycles. The zero-order valence-corrected chi connectivity index (χ0v) is 12.1. The number of aromatic nitrogens is 1. The van der Waals surface area contributed by atoms with Gasteiger partial charge in [0.15, 0.2) is 0 Å². The van der Waals surface area contributed by atoms with Crippen LogP contribution in [0.3, 0.4) is 0 Å². The highest BCUT2D eigenvalue weighted by Crippen LogP contribution is 2.34. The second-order valence-electron chi connectivity index (χ2n) is 4.32. The molecule has 104 valence electrons. The Bertz CT molecular complexity index is 632. The average Bonchev–Trinajstić information content (AvgIpc) is 2.42.